The molecular formula is C19H21NO4. The first kappa shape index (κ1) is 17.7. The van der Waals surface area contributed by atoms with Gasteiger partial charge in [0.1, 0.15) is 11.4 Å². The molecule has 5 heteroatoms. The molecule has 0 saturated carbocycles. The van der Waals surface area contributed by atoms with Crippen LogP contribution >= 0.6 is 0 Å². The molecule has 24 heavy (non-hydrogen) atoms. The lowest BCUT2D eigenvalue weighted by molar-refractivity contribution is -0.137. The lowest BCUT2D eigenvalue weighted by Crippen LogP contribution is -2.05. The number of aliphatic hydroxyl groups excluding tert-OH is 1. The Kier molecular flexibility index (Phi) is 6.98. The highest BCUT2D eigenvalue weighted by molar-refractivity contribution is 5.87. The molecule has 0 radical (unpaired) electrons. The van der Waals surface area contributed by atoms with Crippen LogP contribution in [-0.4, -0.2) is 29.3 Å². The molecule has 0 atom stereocenters. The number of aliphatic hydroxyl groups is 1. The minimum atomic E-state index is -0.441. The lowest BCUT2D eigenvalue weighted by atomic mass is 10.2. The molecule has 0 amide bonds. The van der Waals surface area contributed by atoms with Crippen molar-refractivity contribution in [3.8, 4) is 5.75 Å². The summed E-state index contributed by atoms with van der Waals surface area (Å²) in [7, 11) is 0. The highest BCUT2D eigenvalue weighted by atomic mass is 16.5. The molecule has 0 saturated heterocycles. The molecule has 1 N–H and O–H groups in total. The van der Waals surface area contributed by atoms with E-state index in [-0.39, 0.29) is 6.61 Å². The fraction of sp³-hybridized carbons (Fsp3) is 0.263. The van der Waals surface area contributed by atoms with Crippen LogP contribution in [-0.2, 0) is 22.6 Å². The quantitative estimate of drug-likeness (QED) is 0.596. The Balaban J connectivity index is 2.06. The average molecular weight is 327 g/mol. The fourth-order valence-electron chi connectivity index (χ4n) is 2.09. The summed E-state index contributed by atoms with van der Waals surface area (Å²) >= 11 is 0. The van der Waals surface area contributed by atoms with Gasteiger partial charge in [0, 0.05) is 12.5 Å². The van der Waals surface area contributed by atoms with E-state index in [1.54, 1.807) is 19.1 Å². The van der Waals surface area contributed by atoms with Gasteiger partial charge in [-0.3, -0.25) is 0 Å². The van der Waals surface area contributed by atoms with Crippen molar-refractivity contribution in [3.63, 3.8) is 0 Å². The van der Waals surface area contributed by atoms with Gasteiger partial charge in [0.05, 0.1) is 25.5 Å². The smallest absolute Gasteiger partial charge is 0.330 e. The minimum absolute atomic E-state index is 0.176. The third kappa shape index (κ3) is 5.52. The molecule has 2 aromatic rings. The maximum absolute atomic E-state index is 11.5. The van der Waals surface area contributed by atoms with Crippen molar-refractivity contribution in [2.45, 2.75) is 20.0 Å². The number of ether oxygens (including phenoxy) is 2. The van der Waals surface area contributed by atoms with E-state index in [1.165, 1.54) is 17.7 Å². The van der Waals surface area contributed by atoms with Crippen molar-refractivity contribution in [2.75, 3.05) is 13.2 Å². The predicted molar refractivity (Wildman–Crippen MR) is 91.5 cm³/mol. The number of nitrogens with zero attached hydrogens (tertiary/aromatic N) is 1. The molecule has 0 unspecified atom stereocenters. The molecule has 0 aliphatic heterocycles. The molecule has 1 heterocycles. The van der Waals surface area contributed by atoms with Crippen LogP contribution in [0.5, 0.6) is 5.75 Å². The second-order valence-corrected chi connectivity index (χ2v) is 5.01. The number of carbonyl (C=O) groups excluding carboxylic acids is 1. The van der Waals surface area contributed by atoms with Crippen LogP contribution in [0.15, 0.2) is 48.5 Å². The van der Waals surface area contributed by atoms with Gasteiger partial charge in [0.15, 0.2) is 0 Å². The number of benzene rings is 1. The summed E-state index contributed by atoms with van der Waals surface area (Å²) in [6.45, 7) is 2.37. The average Bonchev–Trinajstić information content (AvgIpc) is 2.62. The van der Waals surface area contributed by atoms with E-state index in [0.717, 1.165) is 6.42 Å². The van der Waals surface area contributed by atoms with Crippen molar-refractivity contribution >= 4 is 12.0 Å². The van der Waals surface area contributed by atoms with Gasteiger partial charge in [-0.1, -0.05) is 30.3 Å². The molecule has 1 aromatic heterocycles. The van der Waals surface area contributed by atoms with Crippen molar-refractivity contribution in [2.24, 2.45) is 0 Å². The molecule has 0 aliphatic rings. The van der Waals surface area contributed by atoms with E-state index in [2.05, 4.69) is 4.98 Å². The van der Waals surface area contributed by atoms with E-state index in [1.807, 2.05) is 30.3 Å². The molecule has 0 spiro atoms. The Labute approximate surface area is 141 Å². The topological polar surface area (TPSA) is 68.7 Å². The number of aromatic nitrogens is 1. The first-order valence-electron chi connectivity index (χ1n) is 7.85. The Bertz CT molecular complexity index is 683. The summed E-state index contributed by atoms with van der Waals surface area (Å²) < 4.78 is 10.6. The molecule has 0 aliphatic carbocycles. The summed E-state index contributed by atoms with van der Waals surface area (Å²) in [5.74, 6) is 0.118. The summed E-state index contributed by atoms with van der Waals surface area (Å²) in [5, 5.41) is 9.22. The van der Waals surface area contributed by atoms with Crippen LogP contribution in [0, 0.1) is 0 Å². The predicted octanol–water partition coefficient (Wildman–Crippen LogP) is 2.77. The number of rotatable bonds is 8. The van der Waals surface area contributed by atoms with Crippen LogP contribution < -0.4 is 4.74 Å². The third-order valence-electron chi connectivity index (χ3n) is 3.26. The van der Waals surface area contributed by atoms with E-state index < -0.39 is 5.97 Å². The molecule has 1 aromatic carbocycles. The third-order valence-corrected chi connectivity index (χ3v) is 3.26. The van der Waals surface area contributed by atoms with Gasteiger partial charge < -0.3 is 14.6 Å². The molecular weight excluding hydrogens is 306 g/mol. The SMILES string of the molecule is CCOC(=O)/C=C/c1nc(CO)ccc1OCCc1ccccc1. The largest absolute Gasteiger partial charge is 0.491 e. The Morgan fingerprint density at radius 2 is 2.00 bits per heavy atom. The fourth-order valence-corrected chi connectivity index (χ4v) is 2.09. The van der Waals surface area contributed by atoms with E-state index >= 15 is 0 Å². The number of carbonyl (C=O) groups is 1. The van der Waals surface area contributed by atoms with Gasteiger partial charge in [-0.25, -0.2) is 9.78 Å². The van der Waals surface area contributed by atoms with Crippen LogP contribution in [0.1, 0.15) is 23.9 Å². The van der Waals surface area contributed by atoms with Crippen LogP contribution in [0.3, 0.4) is 0 Å². The van der Waals surface area contributed by atoms with Crippen LogP contribution in [0.2, 0.25) is 0 Å². The number of esters is 1. The zero-order valence-electron chi connectivity index (χ0n) is 13.6. The highest BCUT2D eigenvalue weighted by Gasteiger charge is 2.06. The van der Waals surface area contributed by atoms with Crippen molar-refractivity contribution in [1.29, 1.82) is 0 Å². The van der Waals surface area contributed by atoms with E-state index in [4.69, 9.17) is 9.47 Å². The monoisotopic (exact) mass is 327 g/mol. The minimum Gasteiger partial charge on any atom is -0.491 e. The number of hydrogen-bond acceptors (Lipinski definition) is 5. The van der Waals surface area contributed by atoms with Crippen LogP contribution in [0.4, 0.5) is 0 Å². The van der Waals surface area contributed by atoms with Crippen molar-refractivity contribution in [3.05, 3.63) is 65.5 Å². The summed E-state index contributed by atoms with van der Waals surface area (Å²) in [5.41, 5.74) is 2.18. The normalized spacial score (nSPS) is 10.8. The molecule has 2 rings (SSSR count). The highest BCUT2D eigenvalue weighted by Crippen LogP contribution is 2.19. The summed E-state index contributed by atoms with van der Waals surface area (Å²) in [4.78, 5) is 15.7. The Morgan fingerprint density at radius 1 is 1.21 bits per heavy atom. The van der Waals surface area contributed by atoms with E-state index in [0.29, 0.717) is 30.4 Å². The lowest BCUT2D eigenvalue weighted by Gasteiger charge is -2.10. The molecule has 0 bridgehead atoms. The van der Waals surface area contributed by atoms with Crippen molar-refractivity contribution < 1.29 is 19.4 Å². The first-order chi connectivity index (χ1) is 11.7. The first-order valence-corrected chi connectivity index (χ1v) is 7.85. The van der Waals surface area contributed by atoms with Gasteiger partial charge in [0.2, 0.25) is 0 Å². The number of pyridine rings is 1. The standard InChI is InChI=1S/C19H21NO4/c1-2-23-19(22)11-9-17-18(10-8-16(14-21)20-17)24-13-12-15-6-4-3-5-7-15/h3-11,21H,2,12-14H2,1H3/b11-9+. The zero-order chi connectivity index (χ0) is 17.2. The maximum atomic E-state index is 11.5. The second-order valence-electron chi connectivity index (χ2n) is 5.01. The van der Waals surface area contributed by atoms with Gasteiger partial charge in [-0.15, -0.1) is 0 Å². The summed E-state index contributed by atoms with van der Waals surface area (Å²) in [6.07, 6.45) is 3.61. The van der Waals surface area contributed by atoms with E-state index in [9.17, 15) is 9.90 Å². The molecule has 5 nitrogen and oxygen atoms in total. The summed E-state index contributed by atoms with van der Waals surface area (Å²) in [6, 6.07) is 13.5. The second kappa shape index (κ2) is 9.47. The Hall–Kier alpha value is -2.66. The van der Waals surface area contributed by atoms with Gasteiger partial charge >= 0.3 is 5.97 Å². The van der Waals surface area contributed by atoms with Gasteiger partial charge in [-0.05, 0) is 30.7 Å². The maximum Gasteiger partial charge on any atom is 0.330 e. The zero-order valence-corrected chi connectivity index (χ0v) is 13.6. The van der Waals surface area contributed by atoms with Gasteiger partial charge in [-0.2, -0.15) is 0 Å². The van der Waals surface area contributed by atoms with Crippen molar-refractivity contribution in [1.82, 2.24) is 4.98 Å². The van der Waals surface area contributed by atoms with Crippen LogP contribution in [0.25, 0.3) is 6.08 Å². The van der Waals surface area contributed by atoms with Gasteiger partial charge in [0.25, 0.3) is 0 Å². The molecule has 126 valence electrons. The Morgan fingerprint density at radius 3 is 2.71 bits per heavy atom. The number of hydrogen-bond donors (Lipinski definition) is 1. The molecule has 0 fully saturated rings.